The van der Waals surface area contributed by atoms with Crippen molar-refractivity contribution >= 4 is 11.6 Å². The number of rotatable bonds is 3. The standard InChI is InChI=1S/C20H24N2O2/c1-13-9-10-17-18(11-13)24-14(2)12-22(17)20(23)15(3)19(21)16-7-5-4-6-8-16/h4-11,14-15,19H,12,21H2,1-3H3. The summed E-state index contributed by atoms with van der Waals surface area (Å²) in [5.74, 6) is 0.487. The summed E-state index contributed by atoms with van der Waals surface area (Å²) in [5, 5.41) is 0. The Kier molecular flexibility index (Phi) is 4.58. The Balaban J connectivity index is 1.87. The van der Waals surface area contributed by atoms with Gasteiger partial charge in [0.15, 0.2) is 0 Å². The van der Waals surface area contributed by atoms with Gasteiger partial charge in [0.25, 0.3) is 0 Å². The van der Waals surface area contributed by atoms with Crippen LogP contribution in [0.4, 0.5) is 5.69 Å². The molecule has 1 aliphatic rings. The van der Waals surface area contributed by atoms with E-state index in [4.69, 9.17) is 10.5 Å². The van der Waals surface area contributed by atoms with Gasteiger partial charge in [-0.1, -0.05) is 43.3 Å². The van der Waals surface area contributed by atoms with E-state index in [2.05, 4.69) is 0 Å². The number of nitrogens with zero attached hydrogens (tertiary/aromatic N) is 1. The van der Waals surface area contributed by atoms with Gasteiger partial charge in [-0.25, -0.2) is 0 Å². The highest BCUT2D eigenvalue weighted by molar-refractivity contribution is 5.97. The van der Waals surface area contributed by atoms with Gasteiger partial charge >= 0.3 is 0 Å². The highest BCUT2D eigenvalue weighted by Crippen LogP contribution is 2.36. The summed E-state index contributed by atoms with van der Waals surface area (Å²) in [6, 6.07) is 15.4. The van der Waals surface area contributed by atoms with E-state index in [0.29, 0.717) is 6.54 Å². The average Bonchev–Trinajstić information content (AvgIpc) is 2.59. The lowest BCUT2D eigenvalue weighted by Crippen LogP contribution is -2.46. The van der Waals surface area contributed by atoms with Crippen LogP contribution in [0.1, 0.15) is 31.0 Å². The Morgan fingerprint density at radius 1 is 1.25 bits per heavy atom. The number of aryl methyl sites for hydroxylation is 1. The molecule has 0 fully saturated rings. The lowest BCUT2D eigenvalue weighted by molar-refractivity contribution is -0.123. The largest absolute Gasteiger partial charge is 0.487 e. The zero-order chi connectivity index (χ0) is 17.3. The number of benzene rings is 2. The van der Waals surface area contributed by atoms with Crippen LogP contribution in [0.2, 0.25) is 0 Å². The van der Waals surface area contributed by atoms with Gasteiger partial charge in [0.05, 0.1) is 18.2 Å². The van der Waals surface area contributed by atoms with Crippen molar-refractivity contribution in [3.63, 3.8) is 0 Å². The van der Waals surface area contributed by atoms with Crippen LogP contribution in [0.25, 0.3) is 0 Å². The third-order valence-corrected chi connectivity index (χ3v) is 4.55. The number of hydrogen-bond donors (Lipinski definition) is 1. The summed E-state index contributed by atoms with van der Waals surface area (Å²) in [4.78, 5) is 14.9. The molecule has 0 saturated carbocycles. The van der Waals surface area contributed by atoms with Crippen LogP contribution < -0.4 is 15.4 Å². The predicted octanol–water partition coefficient (Wildman–Crippen LogP) is 3.45. The van der Waals surface area contributed by atoms with E-state index >= 15 is 0 Å². The van der Waals surface area contributed by atoms with E-state index in [1.54, 1.807) is 0 Å². The highest BCUT2D eigenvalue weighted by Gasteiger charge is 2.33. The molecule has 4 heteroatoms. The summed E-state index contributed by atoms with van der Waals surface area (Å²) in [6.45, 7) is 6.44. The molecule has 2 aromatic rings. The Hall–Kier alpha value is -2.33. The second-order valence-electron chi connectivity index (χ2n) is 6.57. The van der Waals surface area contributed by atoms with Crippen molar-refractivity contribution in [3.05, 3.63) is 59.7 Å². The number of nitrogens with two attached hydrogens (primary N) is 1. The van der Waals surface area contributed by atoms with E-state index in [1.165, 1.54) is 0 Å². The van der Waals surface area contributed by atoms with Crippen molar-refractivity contribution in [1.29, 1.82) is 0 Å². The number of anilines is 1. The van der Waals surface area contributed by atoms with Gasteiger partial charge in [0, 0.05) is 6.04 Å². The normalized spacial score (nSPS) is 19.2. The number of carbonyl (C=O) groups excluding carboxylic acids is 1. The van der Waals surface area contributed by atoms with E-state index in [0.717, 1.165) is 22.6 Å². The van der Waals surface area contributed by atoms with Gasteiger partial charge in [-0.3, -0.25) is 4.79 Å². The molecule has 3 rings (SSSR count). The number of fused-ring (bicyclic) bond motifs is 1. The van der Waals surface area contributed by atoms with E-state index in [9.17, 15) is 4.79 Å². The maximum absolute atomic E-state index is 13.1. The minimum atomic E-state index is -0.328. The molecule has 0 aliphatic carbocycles. The summed E-state index contributed by atoms with van der Waals surface area (Å²) in [6.07, 6.45) is -0.0385. The van der Waals surface area contributed by atoms with E-state index in [-0.39, 0.29) is 24.0 Å². The summed E-state index contributed by atoms with van der Waals surface area (Å²) < 4.78 is 5.89. The molecule has 0 saturated heterocycles. The van der Waals surface area contributed by atoms with Crippen LogP contribution in [0.5, 0.6) is 5.75 Å². The molecule has 1 heterocycles. The molecule has 24 heavy (non-hydrogen) atoms. The molecule has 0 spiro atoms. The van der Waals surface area contributed by atoms with Gasteiger partial charge in [-0.05, 0) is 37.1 Å². The number of hydrogen-bond acceptors (Lipinski definition) is 3. The van der Waals surface area contributed by atoms with Crippen molar-refractivity contribution in [2.45, 2.75) is 32.9 Å². The molecule has 0 radical (unpaired) electrons. The first kappa shape index (κ1) is 16.5. The van der Waals surface area contributed by atoms with Crippen LogP contribution in [-0.2, 0) is 4.79 Å². The fraction of sp³-hybridized carbons (Fsp3) is 0.350. The molecule has 3 atom stereocenters. The van der Waals surface area contributed by atoms with Crippen molar-refractivity contribution in [3.8, 4) is 5.75 Å². The lowest BCUT2D eigenvalue weighted by Gasteiger charge is -2.36. The molecule has 2 aromatic carbocycles. The number of ether oxygens (including phenoxy) is 1. The van der Waals surface area contributed by atoms with E-state index in [1.807, 2.05) is 74.2 Å². The molecule has 1 amide bonds. The van der Waals surface area contributed by atoms with Crippen molar-refractivity contribution in [2.24, 2.45) is 11.7 Å². The van der Waals surface area contributed by atoms with Crippen LogP contribution in [0, 0.1) is 12.8 Å². The minimum Gasteiger partial charge on any atom is -0.487 e. The van der Waals surface area contributed by atoms with Gasteiger partial charge in [-0.2, -0.15) is 0 Å². The summed E-state index contributed by atoms with van der Waals surface area (Å²) in [5.41, 5.74) is 9.27. The molecule has 0 bridgehead atoms. The molecule has 4 nitrogen and oxygen atoms in total. The SMILES string of the molecule is Cc1ccc2c(c1)OC(C)CN2C(=O)C(C)C(N)c1ccccc1. The predicted molar refractivity (Wildman–Crippen MR) is 96.2 cm³/mol. The summed E-state index contributed by atoms with van der Waals surface area (Å²) in [7, 11) is 0. The first-order chi connectivity index (χ1) is 11.5. The zero-order valence-electron chi connectivity index (χ0n) is 14.4. The quantitative estimate of drug-likeness (QED) is 0.941. The summed E-state index contributed by atoms with van der Waals surface area (Å²) >= 11 is 0. The molecular weight excluding hydrogens is 300 g/mol. The first-order valence-electron chi connectivity index (χ1n) is 8.36. The first-order valence-corrected chi connectivity index (χ1v) is 8.36. The van der Waals surface area contributed by atoms with E-state index < -0.39 is 0 Å². The fourth-order valence-corrected chi connectivity index (χ4v) is 3.12. The van der Waals surface area contributed by atoms with Gasteiger partial charge < -0.3 is 15.4 Å². The monoisotopic (exact) mass is 324 g/mol. The van der Waals surface area contributed by atoms with Crippen LogP contribution in [0.3, 0.4) is 0 Å². The topological polar surface area (TPSA) is 55.6 Å². The van der Waals surface area contributed by atoms with Gasteiger partial charge in [0.1, 0.15) is 11.9 Å². The van der Waals surface area contributed by atoms with Gasteiger partial charge in [0.2, 0.25) is 5.91 Å². The highest BCUT2D eigenvalue weighted by atomic mass is 16.5. The maximum atomic E-state index is 13.1. The second kappa shape index (κ2) is 6.65. The van der Waals surface area contributed by atoms with Crippen molar-refractivity contribution in [1.82, 2.24) is 0 Å². The number of amides is 1. The lowest BCUT2D eigenvalue weighted by atomic mass is 9.93. The van der Waals surface area contributed by atoms with Crippen LogP contribution >= 0.6 is 0 Å². The molecule has 0 aromatic heterocycles. The third kappa shape index (κ3) is 3.15. The molecule has 2 N–H and O–H groups in total. The third-order valence-electron chi connectivity index (χ3n) is 4.55. The van der Waals surface area contributed by atoms with Crippen molar-refractivity contribution < 1.29 is 9.53 Å². The molecule has 3 unspecified atom stereocenters. The molecular formula is C20H24N2O2. The average molecular weight is 324 g/mol. The maximum Gasteiger partial charge on any atom is 0.231 e. The Morgan fingerprint density at radius 3 is 2.67 bits per heavy atom. The van der Waals surface area contributed by atoms with Crippen LogP contribution in [0.15, 0.2) is 48.5 Å². The molecule has 1 aliphatic heterocycles. The molecule has 126 valence electrons. The second-order valence-corrected chi connectivity index (χ2v) is 6.57. The zero-order valence-corrected chi connectivity index (χ0v) is 14.4. The fourth-order valence-electron chi connectivity index (χ4n) is 3.12. The Labute approximate surface area is 143 Å². The minimum absolute atomic E-state index is 0.0339. The van der Waals surface area contributed by atoms with Crippen molar-refractivity contribution in [2.75, 3.05) is 11.4 Å². The Bertz CT molecular complexity index is 730. The van der Waals surface area contributed by atoms with Gasteiger partial charge in [-0.15, -0.1) is 0 Å². The smallest absolute Gasteiger partial charge is 0.231 e. The van der Waals surface area contributed by atoms with Crippen LogP contribution in [-0.4, -0.2) is 18.6 Å². The Morgan fingerprint density at radius 2 is 1.96 bits per heavy atom. The number of carbonyl (C=O) groups is 1.